The lowest BCUT2D eigenvalue weighted by Crippen LogP contribution is -1.97. The van der Waals surface area contributed by atoms with Gasteiger partial charge in [0.05, 0.1) is 6.61 Å². The van der Waals surface area contributed by atoms with E-state index in [1.807, 2.05) is 42.7 Å². The molecule has 0 radical (unpaired) electrons. The second kappa shape index (κ2) is 10.4. The smallest absolute Gasteiger partial charge is 0.128 e. The molecule has 0 fully saturated rings. The molecular formula is C23H26N2O2. The van der Waals surface area contributed by atoms with Crippen molar-refractivity contribution in [2.24, 2.45) is 0 Å². The molecule has 0 aliphatic carbocycles. The van der Waals surface area contributed by atoms with Crippen molar-refractivity contribution in [1.29, 1.82) is 0 Å². The standard InChI is InChI=1S/C23H26N2O2/c26-22-13-11-20(12-14-22)21-16-24-23(25-17-21)10-6-1-2-7-15-27-18-19-8-4-3-5-9-19/h3-5,8-9,11-14,16-17,26H,1-2,6-7,10,15,18H2. The predicted molar refractivity (Wildman–Crippen MR) is 107 cm³/mol. The van der Waals surface area contributed by atoms with Crippen LogP contribution in [0.25, 0.3) is 11.1 Å². The van der Waals surface area contributed by atoms with E-state index >= 15 is 0 Å². The van der Waals surface area contributed by atoms with Crippen LogP contribution in [0, 0.1) is 0 Å². The number of hydrogen-bond donors (Lipinski definition) is 1. The van der Waals surface area contributed by atoms with E-state index in [9.17, 15) is 5.11 Å². The Kier molecular flexibility index (Phi) is 7.36. The Morgan fingerprint density at radius 3 is 2.19 bits per heavy atom. The molecule has 27 heavy (non-hydrogen) atoms. The minimum absolute atomic E-state index is 0.266. The van der Waals surface area contributed by atoms with Gasteiger partial charge >= 0.3 is 0 Å². The number of unbranched alkanes of at least 4 members (excludes halogenated alkanes) is 3. The summed E-state index contributed by atoms with van der Waals surface area (Å²) in [6, 6.07) is 17.4. The van der Waals surface area contributed by atoms with Gasteiger partial charge in [0.2, 0.25) is 0 Å². The van der Waals surface area contributed by atoms with Gasteiger partial charge in [0.25, 0.3) is 0 Å². The molecule has 0 amide bonds. The molecule has 4 nitrogen and oxygen atoms in total. The zero-order chi connectivity index (χ0) is 18.7. The molecule has 0 aliphatic rings. The Labute approximate surface area is 160 Å². The van der Waals surface area contributed by atoms with Crippen molar-refractivity contribution < 1.29 is 9.84 Å². The van der Waals surface area contributed by atoms with Gasteiger partial charge in [-0.1, -0.05) is 55.3 Å². The molecule has 0 unspecified atom stereocenters. The Morgan fingerprint density at radius 1 is 0.741 bits per heavy atom. The van der Waals surface area contributed by atoms with Crippen LogP contribution in [-0.2, 0) is 17.8 Å². The van der Waals surface area contributed by atoms with Crippen LogP contribution in [0.2, 0.25) is 0 Å². The summed E-state index contributed by atoms with van der Waals surface area (Å²) in [6.45, 7) is 1.51. The zero-order valence-corrected chi connectivity index (χ0v) is 15.6. The molecule has 0 saturated carbocycles. The number of benzene rings is 2. The molecule has 2 aromatic carbocycles. The molecule has 3 aromatic rings. The molecule has 1 aromatic heterocycles. The molecule has 3 rings (SSSR count). The van der Waals surface area contributed by atoms with E-state index in [1.54, 1.807) is 12.1 Å². The monoisotopic (exact) mass is 362 g/mol. The number of rotatable bonds is 10. The van der Waals surface area contributed by atoms with E-state index in [-0.39, 0.29) is 5.75 Å². The van der Waals surface area contributed by atoms with Gasteiger partial charge in [-0.15, -0.1) is 0 Å². The first-order chi connectivity index (χ1) is 13.3. The van der Waals surface area contributed by atoms with Gasteiger partial charge < -0.3 is 9.84 Å². The van der Waals surface area contributed by atoms with Crippen LogP contribution in [0.5, 0.6) is 5.75 Å². The van der Waals surface area contributed by atoms with Crippen LogP contribution in [0.15, 0.2) is 67.0 Å². The first-order valence-corrected chi connectivity index (χ1v) is 9.53. The highest BCUT2D eigenvalue weighted by Crippen LogP contribution is 2.20. The Bertz CT molecular complexity index is 787. The van der Waals surface area contributed by atoms with Crippen LogP contribution < -0.4 is 0 Å². The SMILES string of the molecule is Oc1ccc(-c2cnc(CCCCCCOCc3ccccc3)nc2)cc1. The zero-order valence-electron chi connectivity index (χ0n) is 15.6. The topological polar surface area (TPSA) is 55.2 Å². The van der Waals surface area contributed by atoms with E-state index in [4.69, 9.17) is 4.74 Å². The van der Waals surface area contributed by atoms with Crippen molar-refractivity contribution in [3.05, 3.63) is 78.4 Å². The number of aromatic nitrogens is 2. The molecule has 0 atom stereocenters. The van der Waals surface area contributed by atoms with Gasteiger partial charge in [0.15, 0.2) is 0 Å². The van der Waals surface area contributed by atoms with Crippen molar-refractivity contribution in [3.8, 4) is 16.9 Å². The maximum atomic E-state index is 9.35. The highest BCUT2D eigenvalue weighted by molar-refractivity contribution is 5.62. The van der Waals surface area contributed by atoms with Gasteiger partial charge in [0.1, 0.15) is 11.6 Å². The lowest BCUT2D eigenvalue weighted by Gasteiger charge is -2.05. The normalized spacial score (nSPS) is 10.8. The van der Waals surface area contributed by atoms with Gasteiger partial charge in [-0.05, 0) is 36.1 Å². The molecule has 1 heterocycles. The molecule has 4 heteroatoms. The van der Waals surface area contributed by atoms with Crippen LogP contribution in [0.3, 0.4) is 0 Å². The molecule has 1 N–H and O–H groups in total. The van der Waals surface area contributed by atoms with Crippen LogP contribution in [0.4, 0.5) is 0 Å². The third-order valence-corrected chi connectivity index (χ3v) is 4.46. The number of aryl methyl sites for hydroxylation is 1. The van der Waals surface area contributed by atoms with Crippen molar-refractivity contribution in [1.82, 2.24) is 9.97 Å². The number of nitrogens with zero attached hydrogens (tertiary/aromatic N) is 2. The quantitative estimate of drug-likeness (QED) is 0.506. The number of phenolic OH excluding ortho intramolecular Hbond substituents is 1. The van der Waals surface area contributed by atoms with Gasteiger partial charge in [0, 0.05) is 31.0 Å². The molecule has 0 bridgehead atoms. The van der Waals surface area contributed by atoms with Gasteiger partial charge in [-0.25, -0.2) is 9.97 Å². The van der Waals surface area contributed by atoms with E-state index in [2.05, 4.69) is 22.1 Å². The van der Waals surface area contributed by atoms with Gasteiger partial charge in [-0.3, -0.25) is 0 Å². The Balaban J connectivity index is 1.28. The number of ether oxygens (including phenoxy) is 1. The second-order valence-corrected chi connectivity index (χ2v) is 6.64. The number of aromatic hydroxyl groups is 1. The molecule has 0 spiro atoms. The summed E-state index contributed by atoms with van der Waals surface area (Å²) in [5.74, 6) is 1.15. The highest BCUT2D eigenvalue weighted by atomic mass is 16.5. The predicted octanol–water partition coefficient (Wildman–Crippen LogP) is 5.17. The van der Waals surface area contributed by atoms with E-state index in [0.29, 0.717) is 6.61 Å². The van der Waals surface area contributed by atoms with Crippen LogP contribution in [-0.4, -0.2) is 21.7 Å². The second-order valence-electron chi connectivity index (χ2n) is 6.64. The van der Waals surface area contributed by atoms with E-state index in [0.717, 1.165) is 49.2 Å². The van der Waals surface area contributed by atoms with Gasteiger partial charge in [-0.2, -0.15) is 0 Å². The summed E-state index contributed by atoms with van der Waals surface area (Å²) in [6.07, 6.45) is 9.13. The molecule has 0 saturated heterocycles. The van der Waals surface area contributed by atoms with Crippen molar-refractivity contribution >= 4 is 0 Å². The van der Waals surface area contributed by atoms with Crippen molar-refractivity contribution in [3.63, 3.8) is 0 Å². The maximum absolute atomic E-state index is 9.35. The van der Waals surface area contributed by atoms with Crippen LogP contribution >= 0.6 is 0 Å². The summed E-state index contributed by atoms with van der Waals surface area (Å²) >= 11 is 0. The van der Waals surface area contributed by atoms with Crippen LogP contribution in [0.1, 0.15) is 37.1 Å². The van der Waals surface area contributed by atoms with E-state index < -0.39 is 0 Å². The molecule has 140 valence electrons. The molecule has 0 aliphatic heterocycles. The Hall–Kier alpha value is -2.72. The summed E-state index contributed by atoms with van der Waals surface area (Å²) in [5.41, 5.74) is 3.20. The fraction of sp³-hybridized carbons (Fsp3) is 0.304. The lowest BCUT2D eigenvalue weighted by atomic mass is 10.1. The first-order valence-electron chi connectivity index (χ1n) is 9.53. The molecular weight excluding hydrogens is 336 g/mol. The average Bonchev–Trinajstić information content (AvgIpc) is 2.72. The largest absolute Gasteiger partial charge is 0.508 e. The number of phenols is 1. The summed E-state index contributed by atoms with van der Waals surface area (Å²) in [5, 5.41) is 9.35. The summed E-state index contributed by atoms with van der Waals surface area (Å²) in [4.78, 5) is 8.92. The fourth-order valence-electron chi connectivity index (χ4n) is 2.89. The highest BCUT2D eigenvalue weighted by Gasteiger charge is 2.01. The minimum atomic E-state index is 0.266. The summed E-state index contributed by atoms with van der Waals surface area (Å²) in [7, 11) is 0. The minimum Gasteiger partial charge on any atom is -0.508 e. The average molecular weight is 362 g/mol. The Morgan fingerprint density at radius 2 is 1.44 bits per heavy atom. The van der Waals surface area contributed by atoms with Crippen molar-refractivity contribution in [2.45, 2.75) is 38.7 Å². The van der Waals surface area contributed by atoms with Crippen molar-refractivity contribution in [2.75, 3.05) is 6.61 Å². The fourth-order valence-corrected chi connectivity index (χ4v) is 2.89. The third kappa shape index (κ3) is 6.50. The first kappa shape index (κ1) is 19.1. The number of hydrogen-bond acceptors (Lipinski definition) is 4. The maximum Gasteiger partial charge on any atom is 0.128 e. The summed E-state index contributed by atoms with van der Waals surface area (Å²) < 4.78 is 5.71. The lowest BCUT2D eigenvalue weighted by molar-refractivity contribution is 0.116. The third-order valence-electron chi connectivity index (χ3n) is 4.46. The van der Waals surface area contributed by atoms with E-state index in [1.165, 1.54) is 12.0 Å².